The van der Waals surface area contributed by atoms with E-state index >= 15 is 0 Å². The van der Waals surface area contributed by atoms with Crippen molar-refractivity contribution in [1.29, 1.82) is 0 Å². The van der Waals surface area contributed by atoms with Gasteiger partial charge in [0, 0.05) is 44.4 Å². The summed E-state index contributed by atoms with van der Waals surface area (Å²) < 4.78 is 0. The van der Waals surface area contributed by atoms with Crippen molar-refractivity contribution in [2.45, 2.75) is 13.3 Å². The van der Waals surface area contributed by atoms with Gasteiger partial charge in [0.25, 0.3) is 5.91 Å². The minimum atomic E-state index is -0.0396. The van der Waals surface area contributed by atoms with Crippen LogP contribution in [-0.4, -0.2) is 36.0 Å². The number of carbonyl (C=O) groups excluding carboxylic acids is 1. The number of rotatable bonds is 7. The first-order valence-corrected chi connectivity index (χ1v) is 9.12. The minimum Gasteiger partial charge on any atom is -0.359 e. The van der Waals surface area contributed by atoms with Crippen LogP contribution in [0.25, 0.3) is 0 Å². The van der Waals surface area contributed by atoms with E-state index < -0.39 is 0 Å². The highest BCUT2D eigenvalue weighted by atomic mass is 16.2. The van der Waals surface area contributed by atoms with Gasteiger partial charge in [-0.1, -0.05) is 18.2 Å². The average molecular weight is 360 g/mol. The van der Waals surface area contributed by atoms with Crippen LogP contribution < -0.4 is 9.80 Å². The molecule has 27 heavy (non-hydrogen) atoms. The van der Waals surface area contributed by atoms with Gasteiger partial charge in [-0.25, -0.2) is 4.98 Å². The zero-order valence-electron chi connectivity index (χ0n) is 15.7. The Labute approximate surface area is 160 Å². The molecule has 0 bridgehead atoms. The quantitative estimate of drug-likeness (QED) is 0.643. The Morgan fingerprint density at radius 3 is 2.37 bits per heavy atom. The van der Waals surface area contributed by atoms with E-state index in [0.29, 0.717) is 12.1 Å². The molecule has 0 unspecified atom stereocenters. The topological polar surface area (TPSA) is 49.3 Å². The summed E-state index contributed by atoms with van der Waals surface area (Å²) in [5.41, 5.74) is 2.72. The molecule has 0 aliphatic heterocycles. The third-order valence-electron chi connectivity index (χ3n) is 4.50. The van der Waals surface area contributed by atoms with Gasteiger partial charge in [0.2, 0.25) is 0 Å². The molecule has 138 valence electrons. The van der Waals surface area contributed by atoms with Crippen LogP contribution >= 0.6 is 0 Å². The fourth-order valence-electron chi connectivity index (χ4n) is 2.91. The Hall–Kier alpha value is -3.21. The van der Waals surface area contributed by atoms with Gasteiger partial charge in [0.05, 0.1) is 5.56 Å². The number of benzene rings is 1. The molecule has 0 spiro atoms. The van der Waals surface area contributed by atoms with Crippen molar-refractivity contribution in [3.8, 4) is 0 Å². The van der Waals surface area contributed by atoms with Crippen LogP contribution in [0.3, 0.4) is 0 Å². The summed E-state index contributed by atoms with van der Waals surface area (Å²) in [6, 6.07) is 17.5. The first-order chi connectivity index (χ1) is 13.2. The highest BCUT2D eigenvalue weighted by Gasteiger charge is 2.16. The van der Waals surface area contributed by atoms with Gasteiger partial charge in [0.15, 0.2) is 0 Å². The fraction of sp³-hybridized carbons (Fsp3) is 0.227. The van der Waals surface area contributed by atoms with Crippen LogP contribution in [0.5, 0.6) is 0 Å². The molecule has 0 atom stereocenters. The van der Waals surface area contributed by atoms with E-state index in [1.54, 1.807) is 23.5 Å². The lowest BCUT2D eigenvalue weighted by Gasteiger charge is -2.22. The zero-order valence-corrected chi connectivity index (χ0v) is 15.7. The van der Waals surface area contributed by atoms with Gasteiger partial charge >= 0.3 is 0 Å². The van der Waals surface area contributed by atoms with Crippen LogP contribution in [0.2, 0.25) is 0 Å². The molecule has 3 rings (SSSR count). The van der Waals surface area contributed by atoms with E-state index in [0.717, 1.165) is 24.5 Å². The zero-order chi connectivity index (χ0) is 19.1. The average Bonchev–Trinajstić information content (AvgIpc) is 2.74. The molecule has 0 fully saturated rings. The first kappa shape index (κ1) is 18.6. The lowest BCUT2D eigenvalue weighted by atomic mass is 10.2. The molecule has 0 aliphatic carbocycles. The normalized spacial score (nSPS) is 10.4. The van der Waals surface area contributed by atoms with E-state index in [4.69, 9.17) is 0 Å². The molecule has 1 amide bonds. The summed E-state index contributed by atoms with van der Waals surface area (Å²) >= 11 is 0. The predicted octanol–water partition coefficient (Wildman–Crippen LogP) is 3.82. The van der Waals surface area contributed by atoms with E-state index in [1.807, 2.05) is 68.6 Å². The SMILES string of the molecule is CCN(C(=O)c1ccc(N(C)CCc2ccncc2)nc1)c1ccccc1. The molecule has 2 heterocycles. The lowest BCUT2D eigenvalue weighted by Crippen LogP contribution is -2.30. The van der Waals surface area contributed by atoms with Gasteiger partial charge < -0.3 is 9.80 Å². The Morgan fingerprint density at radius 2 is 1.74 bits per heavy atom. The molecular formula is C22H24N4O. The largest absolute Gasteiger partial charge is 0.359 e. The molecule has 3 aromatic rings. The second-order valence-electron chi connectivity index (χ2n) is 6.32. The smallest absolute Gasteiger partial charge is 0.259 e. The van der Waals surface area contributed by atoms with E-state index in [-0.39, 0.29) is 5.91 Å². The summed E-state index contributed by atoms with van der Waals surface area (Å²) in [4.78, 5) is 25.2. The Morgan fingerprint density at radius 1 is 1.00 bits per heavy atom. The number of likely N-dealkylation sites (N-methyl/N-ethyl adjacent to an activating group) is 1. The van der Waals surface area contributed by atoms with Crippen LogP contribution in [0.15, 0.2) is 73.2 Å². The molecule has 5 nitrogen and oxygen atoms in total. The minimum absolute atomic E-state index is 0.0396. The van der Waals surface area contributed by atoms with Crippen molar-refractivity contribution in [3.63, 3.8) is 0 Å². The molecule has 0 radical (unpaired) electrons. The maximum atomic E-state index is 12.8. The van der Waals surface area contributed by atoms with E-state index in [9.17, 15) is 4.79 Å². The van der Waals surface area contributed by atoms with Crippen molar-refractivity contribution in [1.82, 2.24) is 9.97 Å². The van der Waals surface area contributed by atoms with Crippen molar-refractivity contribution < 1.29 is 4.79 Å². The highest BCUT2D eigenvalue weighted by molar-refractivity contribution is 6.05. The third-order valence-corrected chi connectivity index (χ3v) is 4.50. The van der Waals surface area contributed by atoms with Gasteiger partial charge in [-0.3, -0.25) is 9.78 Å². The second kappa shape index (κ2) is 8.94. The summed E-state index contributed by atoms with van der Waals surface area (Å²) in [5.74, 6) is 0.811. The monoisotopic (exact) mass is 360 g/mol. The number of anilines is 2. The van der Waals surface area contributed by atoms with Crippen molar-refractivity contribution >= 4 is 17.4 Å². The van der Waals surface area contributed by atoms with Crippen LogP contribution in [0, 0.1) is 0 Å². The molecule has 5 heteroatoms. The second-order valence-corrected chi connectivity index (χ2v) is 6.32. The summed E-state index contributed by atoms with van der Waals surface area (Å²) in [6.45, 7) is 3.42. The van der Waals surface area contributed by atoms with Crippen LogP contribution in [0.4, 0.5) is 11.5 Å². The number of para-hydroxylation sites is 1. The lowest BCUT2D eigenvalue weighted by molar-refractivity contribution is 0.0988. The molecule has 0 saturated heterocycles. The Kier molecular flexibility index (Phi) is 6.15. The predicted molar refractivity (Wildman–Crippen MR) is 109 cm³/mol. The first-order valence-electron chi connectivity index (χ1n) is 9.12. The maximum absolute atomic E-state index is 12.8. The number of pyridine rings is 2. The number of nitrogens with zero attached hydrogens (tertiary/aromatic N) is 4. The van der Waals surface area contributed by atoms with Crippen molar-refractivity contribution in [2.24, 2.45) is 0 Å². The molecule has 0 saturated carbocycles. The highest BCUT2D eigenvalue weighted by Crippen LogP contribution is 2.18. The molecule has 1 aromatic carbocycles. The molecule has 0 N–H and O–H groups in total. The van der Waals surface area contributed by atoms with Gasteiger partial charge in [-0.2, -0.15) is 0 Å². The van der Waals surface area contributed by atoms with Crippen LogP contribution in [-0.2, 0) is 6.42 Å². The number of amides is 1. The number of aromatic nitrogens is 2. The van der Waals surface area contributed by atoms with E-state index in [1.165, 1.54) is 5.56 Å². The van der Waals surface area contributed by atoms with Gasteiger partial charge in [-0.15, -0.1) is 0 Å². The molecule has 2 aromatic heterocycles. The number of hydrogen-bond acceptors (Lipinski definition) is 4. The fourth-order valence-corrected chi connectivity index (χ4v) is 2.91. The molecule has 0 aliphatic rings. The standard InChI is InChI=1S/C22H24N4O/c1-3-26(20-7-5-4-6-8-20)22(27)19-9-10-21(24-17-19)25(2)16-13-18-11-14-23-15-12-18/h4-12,14-15,17H,3,13,16H2,1-2H3. The maximum Gasteiger partial charge on any atom is 0.259 e. The number of hydrogen-bond donors (Lipinski definition) is 0. The summed E-state index contributed by atoms with van der Waals surface area (Å²) in [5, 5.41) is 0. The Balaban J connectivity index is 1.66. The summed E-state index contributed by atoms with van der Waals surface area (Å²) in [7, 11) is 2.01. The van der Waals surface area contributed by atoms with Crippen molar-refractivity contribution in [2.75, 3.05) is 29.9 Å². The van der Waals surface area contributed by atoms with Gasteiger partial charge in [0.1, 0.15) is 5.82 Å². The Bertz CT molecular complexity index is 851. The van der Waals surface area contributed by atoms with Crippen molar-refractivity contribution in [3.05, 3.63) is 84.3 Å². The van der Waals surface area contributed by atoms with Gasteiger partial charge in [-0.05, 0) is 55.3 Å². The van der Waals surface area contributed by atoms with Crippen LogP contribution in [0.1, 0.15) is 22.8 Å². The molecular weight excluding hydrogens is 336 g/mol. The number of carbonyl (C=O) groups is 1. The van der Waals surface area contributed by atoms with E-state index in [2.05, 4.69) is 14.9 Å². The summed E-state index contributed by atoms with van der Waals surface area (Å²) in [6.07, 6.45) is 6.19. The third kappa shape index (κ3) is 4.70.